The summed E-state index contributed by atoms with van der Waals surface area (Å²) in [5.41, 5.74) is 11.5. The summed E-state index contributed by atoms with van der Waals surface area (Å²) in [7, 11) is 0. The molecule has 6 amide bonds. The number of imidazole rings is 6. The van der Waals surface area contributed by atoms with E-state index in [0.717, 1.165) is 177 Å². The van der Waals surface area contributed by atoms with Gasteiger partial charge in [0, 0.05) is 47.7 Å². The van der Waals surface area contributed by atoms with Crippen molar-refractivity contribution in [3.8, 4) is 17.8 Å². The standard InChI is InChI=1S/C21H20N4O2.C20H17FN4O.C20H24N4O.C19H22N4O2.2C17H20N4O2/c22-13-14-9-10-17-18(11-14)25(16-7-4-8-16)21(23-17)24-20(27)12-19(26)15-5-2-1-3-6-15;1-20(2)11-15(20)18(26)24-19-23-16-9-6-13(22-3)10-17(16)25(19)14-7-4-12(21)5-8-14;1-13(20(2)10-5-11-20)18(25)23-19-22-16-9-8-14(21-3)12-17(16)24(19)15-6-4-7-15;1-19(25,13-6-7-13)10-17(24)22-18-21-15-8-5-12(11-20)9-16(15)23(18)14-3-2-4-14;2*1-17(2,23)10-15(22)20-16-19-13-8-7-11(18-3)9-14(13)21(16)12-5-4-6-12/h1-3,5-6,9-11,16,19,26H,4,7-8,12H2,(H,23,24,27);4-10,15H,11H2,1-2H3,(H,23,24,26);8-9,12-13,15H,4-7,10-11H2,1-2H3,(H,22,23,25);5,8-9,13-14,25H,2-4,6-7,10H2,1H3,(H,21,22,24);2*7-9,12,23H,4-6,10H2,1-2H3,(H,19,20,22)/t19-;;13-;;;/m0.1.../s1. The van der Waals surface area contributed by atoms with E-state index in [2.05, 4.69) is 119 Å². The zero-order valence-electron chi connectivity index (χ0n) is 85.1. The van der Waals surface area contributed by atoms with Crippen LogP contribution in [0.15, 0.2) is 164 Å². The number of aliphatic hydroxyl groups is 4. The van der Waals surface area contributed by atoms with E-state index in [4.69, 9.17) is 31.6 Å². The Hall–Kier alpha value is -15.9. The summed E-state index contributed by atoms with van der Waals surface area (Å²) in [5.74, 6) is 1.80. The fourth-order valence-electron chi connectivity index (χ4n) is 19.8. The van der Waals surface area contributed by atoms with Crippen molar-refractivity contribution >= 4 is 160 Å². The van der Waals surface area contributed by atoms with Gasteiger partial charge >= 0.3 is 0 Å². The Labute approximate surface area is 862 Å². The summed E-state index contributed by atoms with van der Waals surface area (Å²) in [6.45, 7) is 45.3. The molecule has 149 heavy (non-hydrogen) atoms. The molecule has 0 spiro atoms. The lowest BCUT2D eigenvalue weighted by atomic mass is 9.63. The summed E-state index contributed by atoms with van der Waals surface area (Å²) in [6.07, 6.45) is 21.8. The summed E-state index contributed by atoms with van der Waals surface area (Å²) in [6, 6.07) is 53.1. The molecule has 8 saturated carbocycles. The normalized spacial score (nSPS) is 17.3. The molecule has 22 rings (SSSR count). The average molecular weight is 2010 g/mol. The van der Waals surface area contributed by atoms with Gasteiger partial charge in [0.05, 0.1) is 164 Å². The third-order valence-electron chi connectivity index (χ3n) is 30.1. The number of nitrogens with one attached hydrogen (secondary N) is 6. The highest BCUT2D eigenvalue weighted by Gasteiger charge is 2.51. The van der Waals surface area contributed by atoms with Crippen LogP contribution in [0, 0.1) is 83.4 Å². The number of fused-ring (bicyclic) bond motifs is 6. The Morgan fingerprint density at radius 3 is 1.08 bits per heavy atom. The molecule has 0 bridgehead atoms. The van der Waals surface area contributed by atoms with Crippen molar-refractivity contribution in [2.75, 3.05) is 31.9 Å². The van der Waals surface area contributed by atoms with Crippen molar-refractivity contribution in [2.24, 2.45) is 28.6 Å². The number of anilines is 6. The highest BCUT2D eigenvalue weighted by molar-refractivity contribution is 5.99. The molecule has 8 aromatic carbocycles. The Bertz CT molecular complexity index is 7600. The number of aliphatic hydroxyl groups excluding tert-OH is 1. The minimum Gasteiger partial charge on any atom is -0.390 e. The monoisotopic (exact) mass is 2010 g/mol. The van der Waals surface area contributed by atoms with Crippen LogP contribution in [0.2, 0.25) is 0 Å². The number of carbonyl (C=O) groups excluding carboxylic acids is 6. The van der Waals surface area contributed by atoms with E-state index in [-0.39, 0.29) is 102 Å². The van der Waals surface area contributed by atoms with Crippen LogP contribution in [0.3, 0.4) is 0 Å². The summed E-state index contributed by atoms with van der Waals surface area (Å²) >= 11 is 0. The van der Waals surface area contributed by atoms with Gasteiger partial charge in [-0.1, -0.05) is 88.7 Å². The lowest BCUT2D eigenvalue weighted by Crippen LogP contribution is -2.40. The van der Waals surface area contributed by atoms with Crippen molar-refractivity contribution in [1.82, 2.24) is 57.3 Å². The molecule has 0 saturated heterocycles. The van der Waals surface area contributed by atoms with E-state index in [1.165, 1.54) is 25.0 Å². The van der Waals surface area contributed by atoms with Gasteiger partial charge in [0.1, 0.15) is 5.82 Å². The van der Waals surface area contributed by atoms with Gasteiger partial charge < -0.3 is 43.3 Å². The van der Waals surface area contributed by atoms with Crippen molar-refractivity contribution in [3.63, 3.8) is 0 Å². The van der Waals surface area contributed by atoms with Gasteiger partial charge in [-0.2, -0.15) is 10.5 Å². The van der Waals surface area contributed by atoms with Gasteiger partial charge in [-0.25, -0.2) is 53.7 Å². The first-order chi connectivity index (χ1) is 71.3. The molecule has 6 aromatic heterocycles. The number of hydrogen-bond donors (Lipinski definition) is 10. The quantitative estimate of drug-likeness (QED) is 0.0238. The SMILES string of the molecule is CC(O)(CC(=O)Nc1nc2ccc(C#N)cc2n1C1CCC1)C1CC1.N#Cc1ccc2nc(NC(=O)C[C@H](O)c3ccccc3)n(C3CCC3)c2c1.[C-]#[N+]c1ccc2nc(NC(=O)C3CC3(C)C)n(-c3ccc(F)cc3)c2c1.[C-]#[N+]c1ccc2nc(NC(=O)CC(C)(C)O)n(C3CCC3)c2c1.[C-]#[N+]c1ccc2nc(NC(=O)CC(C)(C)O)n(C3CCC3)c2c1.[C-]#[N+]c1ccc2nc(NC(=O)[C@@H](C)C3(C)CCC3)n(C3CCC3)c2c1. The van der Waals surface area contributed by atoms with Gasteiger partial charge in [-0.3, -0.25) is 65.2 Å². The third kappa shape index (κ3) is 24.0. The van der Waals surface area contributed by atoms with E-state index < -0.39 is 22.9 Å². The van der Waals surface area contributed by atoms with Crippen molar-refractivity contribution < 1.29 is 53.6 Å². The van der Waals surface area contributed by atoms with Crippen LogP contribution in [-0.4, -0.2) is 130 Å². The second-order valence-electron chi connectivity index (χ2n) is 43.0. The molecule has 0 aliphatic heterocycles. The molecular weight excluding hydrogens is 1880 g/mol. The molecule has 2 unspecified atom stereocenters. The highest BCUT2D eigenvalue weighted by atomic mass is 19.1. The van der Waals surface area contributed by atoms with E-state index in [9.17, 15) is 58.8 Å². The largest absolute Gasteiger partial charge is 0.390 e. The predicted octanol–water partition coefficient (Wildman–Crippen LogP) is 23.4. The lowest BCUT2D eigenvalue weighted by Gasteiger charge is -2.42. The summed E-state index contributed by atoms with van der Waals surface area (Å²) in [5, 5.41) is 76.0. The highest BCUT2D eigenvalue weighted by Crippen LogP contribution is 2.53. The van der Waals surface area contributed by atoms with Crippen LogP contribution in [0.4, 0.5) is 62.8 Å². The van der Waals surface area contributed by atoms with Crippen molar-refractivity contribution in [3.05, 3.63) is 232 Å². The van der Waals surface area contributed by atoms with Gasteiger partial charge in [0.25, 0.3) is 0 Å². The molecule has 8 aliphatic carbocycles. The molecule has 0 radical (unpaired) electrons. The Balaban J connectivity index is 0.000000122. The van der Waals surface area contributed by atoms with Crippen LogP contribution in [0.25, 0.3) is 91.3 Å². The zero-order valence-corrected chi connectivity index (χ0v) is 85.1. The molecule has 14 aromatic rings. The number of nitriles is 2. The van der Waals surface area contributed by atoms with E-state index in [1.807, 2.05) is 98.0 Å². The first kappa shape index (κ1) is 104. The molecular formula is C114H123FN24O10. The smallest absolute Gasteiger partial charge is 0.230 e. The van der Waals surface area contributed by atoms with Crippen molar-refractivity contribution in [1.29, 1.82) is 10.5 Å². The van der Waals surface area contributed by atoms with Gasteiger partial charge in [0.2, 0.25) is 71.1 Å². The first-order valence-electron chi connectivity index (χ1n) is 51.2. The number of carbonyl (C=O) groups is 6. The first-order valence-corrected chi connectivity index (χ1v) is 51.2. The maximum atomic E-state index is 13.3. The Kier molecular flexibility index (Phi) is 30.6. The number of aromatic nitrogens is 12. The molecule has 6 heterocycles. The number of amides is 6. The minimum atomic E-state index is -1.06. The number of halogens is 1. The topological polar surface area (TPSA) is 427 Å². The fraction of sp³-hybridized carbons (Fsp3) is 0.421. The van der Waals surface area contributed by atoms with Crippen LogP contribution in [-0.2, 0) is 28.8 Å². The number of nitrogens with zero attached hydrogens (tertiary/aromatic N) is 18. The second kappa shape index (κ2) is 43.6. The zero-order chi connectivity index (χ0) is 106. The molecule has 34 nitrogen and oxygen atoms in total. The van der Waals surface area contributed by atoms with Gasteiger partial charge in [0.15, 0.2) is 22.7 Å². The van der Waals surface area contributed by atoms with Crippen molar-refractivity contribution in [2.45, 2.75) is 276 Å². The predicted molar refractivity (Wildman–Crippen MR) is 569 cm³/mol. The van der Waals surface area contributed by atoms with Gasteiger partial charge in [-0.05, 0) is 295 Å². The van der Waals surface area contributed by atoms with E-state index >= 15 is 0 Å². The fourth-order valence-corrected chi connectivity index (χ4v) is 19.8. The minimum absolute atomic E-state index is 0.00801. The molecule has 4 atom stereocenters. The lowest BCUT2D eigenvalue weighted by molar-refractivity contribution is -0.125. The molecule has 35 heteroatoms. The van der Waals surface area contributed by atoms with E-state index in [0.29, 0.717) is 116 Å². The second-order valence-corrected chi connectivity index (χ2v) is 43.0. The Morgan fingerprint density at radius 1 is 0.430 bits per heavy atom. The maximum absolute atomic E-state index is 13.3. The van der Waals surface area contributed by atoms with Crippen LogP contribution in [0.5, 0.6) is 0 Å². The molecule has 8 aliphatic rings. The number of hydrogen-bond acceptors (Lipinski definition) is 18. The third-order valence-corrected chi connectivity index (χ3v) is 30.1. The molecule has 8 fully saturated rings. The van der Waals surface area contributed by atoms with Crippen LogP contribution < -0.4 is 31.9 Å². The maximum Gasteiger partial charge on any atom is 0.230 e. The average Bonchev–Trinajstić information content (AvgIpc) is 1.63. The van der Waals surface area contributed by atoms with Crippen LogP contribution in [0.1, 0.15) is 276 Å². The number of benzene rings is 8. The molecule has 766 valence electrons. The summed E-state index contributed by atoms with van der Waals surface area (Å²) < 4.78 is 25.3. The van der Waals surface area contributed by atoms with Crippen LogP contribution >= 0.6 is 0 Å². The number of rotatable bonds is 25. The van der Waals surface area contributed by atoms with E-state index in [1.54, 1.807) is 118 Å². The Morgan fingerprint density at radius 2 is 0.758 bits per heavy atom. The molecule has 10 N–H and O–H groups in total. The van der Waals surface area contributed by atoms with Gasteiger partial charge in [-0.15, -0.1) is 0 Å². The summed E-state index contributed by atoms with van der Waals surface area (Å²) in [4.78, 5) is 116.